The number of piperazine rings is 1. The van der Waals surface area contributed by atoms with Crippen LogP contribution in [0.15, 0.2) is 36.4 Å². The van der Waals surface area contributed by atoms with Crippen LogP contribution in [0.25, 0.3) is 10.2 Å². The smallest absolute Gasteiger partial charge is 0.254 e. The van der Waals surface area contributed by atoms with Gasteiger partial charge in [0.15, 0.2) is 5.13 Å². The second-order valence-corrected chi connectivity index (χ2v) is 8.65. The highest BCUT2D eigenvalue weighted by Crippen LogP contribution is 2.35. The number of thiazole rings is 1. The van der Waals surface area contributed by atoms with Gasteiger partial charge in [-0.2, -0.15) is 0 Å². The van der Waals surface area contributed by atoms with Gasteiger partial charge in [-0.05, 0) is 36.8 Å². The Bertz CT molecular complexity index is 985. The summed E-state index contributed by atoms with van der Waals surface area (Å²) in [6.07, 6.45) is 0. The zero-order chi connectivity index (χ0) is 19.8. The molecule has 1 saturated heterocycles. The number of halogens is 1. The van der Waals surface area contributed by atoms with Crippen LogP contribution in [0.3, 0.4) is 0 Å². The lowest BCUT2D eigenvalue weighted by molar-refractivity contribution is 0.0747. The highest BCUT2D eigenvalue weighted by Gasteiger charge is 2.24. The third-order valence-corrected chi connectivity index (χ3v) is 6.71. The standard InChI is InChI=1S/C21H23ClN4OS/c1-14-7-8-17(22)19-18(14)23-21(28-19)26-11-9-25(10-12-26)20(27)15-5-4-6-16(13-15)24(2)3/h4-8,13H,9-12H2,1-3H3. The summed E-state index contributed by atoms with van der Waals surface area (Å²) in [6.45, 7) is 4.98. The van der Waals surface area contributed by atoms with Crippen molar-refractivity contribution in [1.29, 1.82) is 0 Å². The number of aromatic nitrogens is 1. The van der Waals surface area contributed by atoms with Crippen LogP contribution in [0.2, 0.25) is 5.02 Å². The van der Waals surface area contributed by atoms with Gasteiger partial charge >= 0.3 is 0 Å². The monoisotopic (exact) mass is 414 g/mol. The molecule has 1 amide bonds. The van der Waals surface area contributed by atoms with Gasteiger partial charge in [0, 0.05) is 51.5 Å². The van der Waals surface area contributed by atoms with Crippen LogP contribution < -0.4 is 9.80 Å². The van der Waals surface area contributed by atoms with E-state index in [1.165, 1.54) is 0 Å². The molecule has 4 rings (SSSR count). The minimum Gasteiger partial charge on any atom is -0.378 e. The highest BCUT2D eigenvalue weighted by molar-refractivity contribution is 7.22. The van der Waals surface area contributed by atoms with Crippen molar-refractivity contribution in [3.05, 3.63) is 52.5 Å². The first-order valence-corrected chi connectivity index (χ1v) is 10.5. The number of anilines is 2. The fraction of sp³-hybridized carbons (Fsp3) is 0.333. The average Bonchev–Trinajstić information content (AvgIpc) is 3.17. The van der Waals surface area contributed by atoms with E-state index in [0.717, 1.165) is 50.3 Å². The van der Waals surface area contributed by atoms with Gasteiger partial charge in [-0.3, -0.25) is 4.79 Å². The van der Waals surface area contributed by atoms with Crippen LogP contribution in [0.5, 0.6) is 0 Å². The first-order valence-electron chi connectivity index (χ1n) is 9.31. The average molecular weight is 415 g/mol. The molecule has 146 valence electrons. The van der Waals surface area contributed by atoms with E-state index in [-0.39, 0.29) is 5.91 Å². The molecule has 0 spiro atoms. The van der Waals surface area contributed by atoms with Crippen molar-refractivity contribution < 1.29 is 4.79 Å². The van der Waals surface area contributed by atoms with Crippen molar-refractivity contribution in [3.8, 4) is 0 Å². The molecule has 3 aromatic rings. The third-order valence-electron chi connectivity index (χ3n) is 5.13. The summed E-state index contributed by atoms with van der Waals surface area (Å²) >= 11 is 7.97. The van der Waals surface area contributed by atoms with Gasteiger partial charge in [0.25, 0.3) is 5.91 Å². The molecule has 7 heteroatoms. The first kappa shape index (κ1) is 19.0. The molecule has 0 unspecified atom stereocenters. The number of hydrogen-bond donors (Lipinski definition) is 0. The van der Waals surface area contributed by atoms with Crippen molar-refractivity contribution in [2.75, 3.05) is 50.1 Å². The number of aryl methyl sites for hydroxylation is 1. The van der Waals surface area contributed by atoms with Gasteiger partial charge < -0.3 is 14.7 Å². The summed E-state index contributed by atoms with van der Waals surface area (Å²) in [5, 5.41) is 1.73. The fourth-order valence-electron chi connectivity index (χ4n) is 3.43. The molecule has 0 N–H and O–H groups in total. The topological polar surface area (TPSA) is 39.7 Å². The molecule has 2 aromatic carbocycles. The molecule has 1 aliphatic heterocycles. The summed E-state index contributed by atoms with van der Waals surface area (Å²) < 4.78 is 1.04. The van der Waals surface area contributed by atoms with E-state index >= 15 is 0 Å². The van der Waals surface area contributed by atoms with E-state index in [1.807, 2.05) is 60.3 Å². The predicted molar refractivity (Wildman–Crippen MR) is 118 cm³/mol. The van der Waals surface area contributed by atoms with Gasteiger partial charge in [-0.15, -0.1) is 0 Å². The third kappa shape index (κ3) is 3.54. The van der Waals surface area contributed by atoms with Gasteiger partial charge in [-0.25, -0.2) is 4.98 Å². The zero-order valence-electron chi connectivity index (χ0n) is 16.3. The van der Waals surface area contributed by atoms with E-state index in [1.54, 1.807) is 11.3 Å². The maximum Gasteiger partial charge on any atom is 0.254 e. The second kappa shape index (κ2) is 7.60. The Morgan fingerprint density at radius 2 is 1.89 bits per heavy atom. The molecule has 2 heterocycles. The number of rotatable bonds is 3. The zero-order valence-corrected chi connectivity index (χ0v) is 17.8. The van der Waals surface area contributed by atoms with Crippen molar-refractivity contribution in [2.45, 2.75) is 6.92 Å². The Kier molecular flexibility index (Phi) is 5.17. The van der Waals surface area contributed by atoms with Crippen molar-refractivity contribution in [1.82, 2.24) is 9.88 Å². The summed E-state index contributed by atoms with van der Waals surface area (Å²) in [7, 11) is 3.96. The SMILES string of the molecule is Cc1ccc(Cl)c2sc(N3CCN(C(=O)c4cccc(N(C)C)c4)CC3)nc12. The highest BCUT2D eigenvalue weighted by atomic mass is 35.5. The largest absolute Gasteiger partial charge is 0.378 e. The fourth-order valence-corrected chi connectivity index (χ4v) is 4.79. The quantitative estimate of drug-likeness (QED) is 0.641. The van der Waals surface area contributed by atoms with E-state index in [2.05, 4.69) is 11.8 Å². The number of amides is 1. The van der Waals surface area contributed by atoms with Crippen LogP contribution in [0.1, 0.15) is 15.9 Å². The van der Waals surface area contributed by atoms with E-state index in [9.17, 15) is 4.79 Å². The molecular weight excluding hydrogens is 392 g/mol. The Morgan fingerprint density at radius 3 is 2.57 bits per heavy atom. The molecule has 0 bridgehead atoms. The normalized spacial score (nSPS) is 14.6. The van der Waals surface area contributed by atoms with Crippen LogP contribution in [-0.2, 0) is 0 Å². The van der Waals surface area contributed by atoms with E-state index in [0.29, 0.717) is 13.1 Å². The number of nitrogens with zero attached hydrogens (tertiary/aromatic N) is 4. The van der Waals surface area contributed by atoms with Crippen LogP contribution >= 0.6 is 22.9 Å². The summed E-state index contributed by atoms with van der Waals surface area (Å²) in [4.78, 5) is 23.9. The van der Waals surface area contributed by atoms with Crippen molar-refractivity contribution >= 4 is 49.9 Å². The minimum atomic E-state index is 0.0894. The summed E-state index contributed by atoms with van der Waals surface area (Å²) in [6, 6.07) is 11.7. The van der Waals surface area contributed by atoms with Gasteiger partial charge in [0.05, 0.1) is 15.2 Å². The number of fused-ring (bicyclic) bond motifs is 1. The van der Waals surface area contributed by atoms with Crippen molar-refractivity contribution in [3.63, 3.8) is 0 Å². The molecule has 1 aromatic heterocycles. The molecule has 0 aliphatic carbocycles. The molecular formula is C21H23ClN4OS. The lowest BCUT2D eigenvalue weighted by atomic mass is 10.1. The van der Waals surface area contributed by atoms with Crippen LogP contribution in [0.4, 0.5) is 10.8 Å². The molecule has 1 fully saturated rings. The van der Waals surface area contributed by atoms with Gasteiger partial charge in [0.1, 0.15) is 0 Å². The number of carbonyl (C=O) groups is 1. The number of hydrogen-bond acceptors (Lipinski definition) is 5. The molecule has 0 saturated carbocycles. The Morgan fingerprint density at radius 1 is 1.14 bits per heavy atom. The molecule has 0 radical (unpaired) electrons. The van der Waals surface area contributed by atoms with E-state index in [4.69, 9.17) is 16.6 Å². The lowest BCUT2D eigenvalue weighted by Gasteiger charge is -2.34. The van der Waals surface area contributed by atoms with Crippen molar-refractivity contribution in [2.24, 2.45) is 0 Å². The second-order valence-electron chi connectivity index (χ2n) is 7.26. The number of benzene rings is 2. The van der Waals surface area contributed by atoms with Gasteiger partial charge in [-0.1, -0.05) is 35.1 Å². The summed E-state index contributed by atoms with van der Waals surface area (Å²) in [5.74, 6) is 0.0894. The first-order chi connectivity index (χ1) is 13.4. The maximum absolute atomic E-state index is 12.9. The van der Waals surface area contributed by atoms with E-state index < -0.39 is 0 Å². The van der Waals surface area contributed by atoms with Gasteiger partial charge in [0.2, 0.25) is 0 Å². The molecule has 0 atom stereocenters. The maximum atomic E-state index is 12.9. The molecule has 28 heavy (non-hydrogen) atoms. The summed E-state index contributed by atoms with van der Waals surface area (Å²) in [5.41, 5.74) is 3.89. The minimum absolute atomic E-state index is 0.0894. The van der Waals surface area contributed by atoms with Crippen LogP contribution in [0, 0.1) is 6.92 Å². The Hall–Kier alpha value is -2.31. The molecule has 5 nitrogen and oxygen atoms in total. The Labute approximate surface area is 174 Å². The Balaban J connectivity index is 1.48. The predicted octanol–water partition coefficient (Wildman–Crippen LogP) is 4.29. The number of carbonyl (C=O) groups excluding carboxylic acids is 1. The molecule has 1 aliphatic rings. The lowest BCUT2D eigenvalue weighted by Crippen LogP contribution is -2.48. The van der Waals surface area contributed by atoms with Crippen LogP contribution in [-0.4, -0.2) is 56.1 Å².